The lowest BCUT2D eigenvalue weighted by Gasteiger charge is -2.29. The van der Waals surface area contributed by atoms with Gasteiger partial charge in [-0.2, -0.15) is 0 Å². The summed E-state index contributed by atoms with van der Waals surface area (Å²) in [6, 6.07) is 5.14. The van der Waals surface area contributed by atoms with Gasteiger partial charge >= 0.3 is 0 Å². The maximum absolute atomic E-state index is 14.0. The summed E-state index contributed by atoms with van der Waals surface area (Å²) < 4.78 is 14.4. The van der Waals surface area contributed by atoms with Crippen LogP contribution in [0.2, 0.25) is 0 Å². The predicted molar refractivity (Wildman–Crippen MR) is 77.7 cm³/mol. The Morgan fingerprint density at radius 2 is 2.21 bits per heavy atom. The summed E-state index contributed by atoms with van der Waals surface area (Å²) in [7, 11) is 0. The Morgan fingerprint density at radius 3 is 2.95 bits per heavy atom. The summed E-state index contributed by atoms with van der Waals surface area (Å²) in [4.78, 5) is 14.4. The van der Waals surface area contributed by atoms with Gasteiger partial charge in [0.25, 0.3) is 5.91 Å². The van der Waals surface area contributed by atoms with E-state index in [-0.39, 0.29) is 17.5 Å². The lowest BCUT2D eigenvalue weighted by molar-refractivity contribution is 0.0673. The van der Waals surface area contributed by atoms with E-state index >= 15 is 0 Å². The molecular formula is C15H19BrFNO. The second-order valence-electron chi connectivity index (χ2n) is 5.01. The number of likely N-dealkylation sites (tertiary alicyclic amines) is 1. The molecule has 0 saturated carbocycles. The van der Waals surface area contributed by atoms with Gasteiger partial charge < -0.3 is 4.90 Å². The number of carbonyl (C=O) groups excluding carboxylic acids is 1. The number of benzene rings is 1. The number of carbonyl (C=O) groups is 1. The largest absolute Gasteiger partial charge is 0.336 e. The Kier molecular flexibility index (Phi) is 4.97. The highest BCUT2D eigenvalue weighted by atomic mass is 79.9. The van der Waals surface area contributed by atoms with Crippen molar-refractivity contribution in [3.8, 4) is 0 Å². The molecule has 2 rings (SSSR count). The van der Waals surface area contributed by atoms with Gasteiger partial charge in [-0.3, -0.25) is 4.79 Å². The van der Waals surface area contributed by atoms with Crippen LogP contribution in [0.5, 0.6) is 0 Å². The smallest absolute Gasteiger partial charge is 0.257 e. The van der Waals surface area contributed by atoms with Gasteiger partial charge in [0.2, 0.25) is 0 Å². The maximum Gasteiger partial charge on any atom is 0.257 e. The van der Waals surface area contributed by atoms with Gasteiger partial charge in [-0.05, 0) is 47.3 Å². The number of halogens is 2. The van der Waals surface area contributed by atoms with Crippen LogP contribution in [-0.4, -0.2) is 23.4 Å². The summed E-state index contributed by atoms with van der Waals surface area (Å²) in [6.45, 7) is 2.83. The third-order valence-electron chi connectivity index (χ3n) is 3.79. The van der Waals surface area contributed by atoms with Crippen LogP contribution in [0.1, 0.15) is 49.4 Å². The van der Waals surface area contributed by atoms with Gasteiger partial charge in [0.15, 0.2) is 0 Å². The highest BCUT2D eigenvalue weighted by Crippen LogP contribution is 2.24. The topological polar surface area (TPSA) is 20.3 Å². The minimum atomic E-state index is -0.452. The molecule has 1 aliphatic rings. The van der Waals surface area contributed by atoms with Crippen molar-refractivity contribution < 1.29 is 9.18 Å². The van der Waals surface area contributed by atoms with Crippen molar-refractivity contribution in [1.29, 1.82) is 0 Å². The minimum Gasteiger partial charge on any atom is -0.336 e. The number of amides is 1. The van der Waals surface area contributed by atoms with E-state index in [0.717, 1.165) is 38.6 Å². The minimum absolute atomic E-state index is 0.174. The molecule has 1 unspecified atom stereocenters. The van der Waals surface area contributed by atoms with Crippen LogP contribution in [0.25, 0.3) is 0 Å². The zero-order valence-electron chi connectivity index (χ0n) is 11.2. The Bertz CT molecular complexity index is 463. The van der Waals surface area contributed by atoms with Crippen LogP contribution in [0.15, 0.2) is 22.7 Å². The molecule has 0 aliphatic carbocycles. The summed E-state index contributed by atoms with van der Waals surface area (Å²) in [5.41, 5.74) is 0.176. The van der Waals surface area contributed by atoms with Gasteiger partial charge in [-0.15, -0.1) is 0 Å². The first kappa shape index (κ1) is 14.5. The van der Waals surface area contributed by atoms with Crippen molar-refractivity contribution in [2.24, 2.45) is 0 Å². The molecule has 1 heterocycles. The zero-order chi connectivity index (χ0) is 13.8. The van der Waals surface area contributed by atoms with E-state index < -0.39 is 5.82 Å². The standard InChI is InChI=1S/C15H19BrFNO/c1-2-11-7-4-3-5-10-18(11)15(19)12-8-6-9-13(16)14(12)17/h6,8-9,11H,2-5,7,10H2,1H3. The van der Waals surface area contributed by atoms with Gasteiger partial charge in [0.1, 0.15) is 5.82 Å². The summed E-state index contributed by atoms with van der Waals surface area (Å²) in [5, 5.41) is 0. The fourth-order valence-electron chi connectivity index (χ4n) is 2.69. The first-order valence-corrected chi connectivity index (χ1v) is 7.69. The van der Waals surface area contributed by atoms with Crippen molar-refractivity contribution in [1.82, 2.24) is 4.90 Å². The normalized spacial score (nSPS) is 20.2. The molecule has 1 atom stereocenters. The van der Waals surface area contributed by atoms with Crippen LogP contribution in [0.3, 0.4) is 0 Å². The molecule has 1 aromatic carbocycles. The van der Waals surface area contributed by atoms with E-state index in [1.165, 1.54) is 0 Å². The molecule has 1 aliphatic heterocycles. The maximum atomic E-state index is 14.0. The molecule has 2 nitrogen and oxygen atoms in total. The highest BCUT2D eigenvalue weighted by molar-refractivity contribution is 9.10. The van der Waals surface area contributed by atoms with Crippen LogP contribution >= 0.6 is 15.9 Å². The number of hydrogen-bond donors (Lipinski definition) is 0. The lowest BCUT2D eigenvalue weighted by atomic mass is 10.1. The summed E-state index contributed by atoms with van der Waals surface area (Å²) in [6.07, 6.45) is 5.28. The second-order valence-corrected chi connectivity index (χ2v) is 5.87. The molecule has 1 saturated heterocycles. The first-order chi connectivity index (χ1) is 9.15. The van der Waals surface area contributed by atoms with Gasteiger partial charge in [-0.1, -0.05) is 25.8 Å². The average Bonchev–Trinajstić information content (AvgIpc) is 2.66. The van der Waals surface area contributed by atoms with Crippen molar-refractivity contribution in [3.05, 3.63) is 34.1 Å². The van der Waals surface area contributed by atoms with Crippen molar-refractivity contribution in [2.45, 2.75) is 45.1 Å². The van der Waals surface area contributed by atoms with E-state index in [9.17, 15) is 9.18 Å². The molecule has 1 amide bonds. The molecule has 0 aromatic heterocycles. The van der Waals surface area contributed by atoms with Gasteiger partial charge in [0.05, 0.1) is 10.0 Å². The van der Waals surface area contributed by atoms with Crippen LogP contribution in [0, 0.1) is 5.82 Å². The van der Waals surface area contributed by atoms with E-state index in [1.54, 1.807) is 18.2 Å². The van der Waals surface area contributed by atoms with Crippen molar-refractivity contribution in [3.63, 3.8) is 0 Å². The molecule has 0 spiro atoms. The lowest BCUT2D eigenvalue weighted by Crippen LogP contribution is -2.40. The van der Waals surface area contributed by atoms with Crippen LogP contribution in [-0.2, 0) is 0 Å². The molecule has 0 bridgehead atoms. The molecule has 19 heavy (non-hydrogen) atoms. The van der Waals surface area contributed by atoms with E-state index in [4.69, 9.17) is 0 Å². The Labute approximate surface area is 122 Å². The molecule has 104 valence electrons. The van der Waals surface area contributed by atoms with E-state index in [2.05, 4.69) is 22.9 Å². The monoisotopic (exact) mass is 327 g/mol. The molecule has 0 radical (unpaired) electrons. The Morgan fingerprint density at radius 1 is 1.42 bits per heavy atom. The fourth-order valence-corrected chi connectivity index (χ4v) is 3.06. The quantitative estimate of drug-likeness (QED) is 0.789. The van der Waals surface area contributed by atoms with Crippen LogP contribution in [0.4, 0.5) is 4.39 Å². The van der Waals surface area contributed by atoms with E-state index in [0.29, 0.717) is 4.47 Å². The van der Waals surface area contributed by atoms with Gasteiger partial charge in [0, 0.05) is 12.6 Å². The van der Waals surface area contributed by atoms with E-state index in [1.807, 2.05) is 4.90 Å². The number of nitrogens with zero attached hydrogens (tertiary/aromatic N) is 1. The summed E-state index contributed by atoms with van der Waals surface area (Å²) >= 11 is 3.14. The molecule has 4 heteroatoms. The Balaban J connectivity index is 2.28. The average molecular weight is 328 g/mol. The highest BCUT2D eigenvalue weighted by Gasteiger charge is 2.27. The van der Waals surface area contributed by atoms with Gasteiger partial charge in [-0.25, -0.2) is 4.39 Å². The summed E-state index contributed by atoms with van der Waals surface area (Å²) in [5.74, 6) is -0.626. The second kappa shape index (κ2) is 6.51. The SMILES string of the molecule is CCC1CCCCCN1C(=O)c1cccc(Br)c1F. The third-order valence-corrected chi connectivity index (χ3v) is 4.40. The fraction of sp³-hybridized carbons (Fsp3) is 0.533. The van der Waals surface area contributed by atoms with Crippen molar-refractivity contribution in [2.75, 3.05) is 6.54 Å². The number of rotatable bonds is 2. The molecular weight excluding hydrogens is 309 g/mol. The van der Waals surface area contributed by atoms with Crippen molar-refractivity contribution >= 4 is 21.8 Å². The number of hydrogen-bond acceptors (Lipinski definition) is 1. The molecule has 1 aromatic rings. The molecule has 0 N–H and O–H groups in total. The molecule has 1 fully saturated rings. The third kappa shape index (κ3) is 3.16. The Hall–Kier alpha value is -0.900. The van der Waals surface area contributed by atoms with Crippen LogP contribution < -0.4 is 0 Å². The predicted octanol–water partition coefficient (Wildman–Crippen LogP) is 4.38. The first-order valence-electron chi connectivity index (χ1n) is 6.90. The zero-order valence-corrected chi connectivity index (χ0v) is 12.7.